The molecular weight excluding hydrogens is 332 g/mol. The molecule has 0 aromatic heterocycles. The van der Waals surface area contributed by atoms with E-state index < -0.39 is 0 Å². The number of rotatable bonds is 0. The van der Waals surface area contributed by atoms with Crippen molar-refractivity contribution >= 4 is 0 Å². The molecule has 0 saturated carbocycles. The van der Waals surface area contributed by atoms with E-state index in [0.29, 0.717) is 0 Å². The Morgan fingerprint density at radius 1 is 0.481 bits per heavy atom. The van der Waals surface area contributed by atoms with Crippen molar-refractivity contribution in [3.05, 3.63) is 0 Å². The highest BCUT2D eigenvalue weighted by atomic mass is 14.9. The van der Waals surface area contributed by atoms with E-state index in [4.69, 9.17) is 0 Å². The molecule has 4 saturated heterocycles. The monoisotopic (exact) mass is 382 g/mol. The summed E-state index contributed by atoms with van der Waals surface area (Å²) in [5.41, 5.74) is 0. The molecule has 4 N–H and O–H groups in total. The van der Waals surface area contributed by atoms with E-state index in [0.717, 1.165) is 17.9 Å². The number of nitrogens with one attached hydrogen (secondary N) is 4. The minimum atomic E-state index is 0.786. The zero-order valence-corrected chi connectivity index (χ0v) is 18.8. The number of hydrogen-bond acceptors (Lipinski definition) is 4. The predicted octanol–water partition coefficient (Wildman–Crippen LogP) is 3.92. The second kappa shape index (κ2) is 17.9. The molecular formula is C23H50N4. The quantitative estimate of drug-likeness (QED) is 0.513. The molecule has 0 radical (unpaired) electrons. The van der Waals surface area contributed by atoms with Crippen LogP contribution in [0.4, 0.5) is 0 Å². The largest absolute Gasteiger partial charge is 0.317 e. The van der Waals surface area contributed by atoms with Gasteiger partial charge in [-0.3, -0.25) is 0 Å². The van der Waals surface area contributed by atoms with Crippen LogP contribution in [0, 0.1) is 11.8 Å². The zero-order valence-electron chi connectivity index (χ0n) is 18.8. The van der Waals surface area contributed by atoms with Gasteiger partial charge in [0.15, 0.2) is 0 Å². The summed E-state index contributed by atoms with van der Waals surface area (Å²) < 4.78 is 0. The Morgan fingerprint density at radius 3 is 1.19 bits per heavy atom. The molecule has 0 aromatic rings. The molecule has 4 fully saturated rings. The fourth-order valence-electron chi connectivity index (χ4n) is 3.88. The van der Waals surface area contributed by atoms with E-state index in [2.05, 4.69) is 42.0 Å². The van der Waals surface area contributed by atoms with Crippen molar-refractivity contribution in [1.29, 1.82) is 0 Å². The van der Waals surface area contributed by atoms with Gasteiger partial charge in [0.25, 0.3) is 0 Å². The van der Waals surface area contributed by atoms with Gasteiger partial charge in [0.2, 0.25) is 0 Å². The van der Waals surface area contributed by atoms with Crippen molar-refractivity contribution < 1.29 is 0 Å². The average Bonchev–Trinajstić information content (AvgIpc) is 2.73. The first kappa shape index (κ1) is 24.9. The fourth-order valence-corrected chi connectivity index (χ4v) is 3.88. The highest BCUT2D eigenvalue weighted by Crippen LogP contribution is 2.07. The van der Waals surface area contributed by atoms with E-state index in [1.54, 1.807) is 0 Å². The summed E-state index contributed by atoms with van der Waals surface area (Å²) in [5, 5.41) is 13.3. The zero-order chi connectivity index (χ0) is 19.6. The van der Waals surface area contributed by atoms with E-state index >= 15 is 0 Å². The fraction of sp³-hybridized carbons (Fsp3) is 1.00. The van der Waals surface area contributed by atoms with Gasteiger partial charge in [-0.15, -0.1) is 0 Å². The molecule has 4 nitrogen and oxygen atoms in total. The first-order valence-electron chi connectivity index (χ1n) is 12.0. The summed E-state index contributed by atoms with van der Waals surface area (Å²) in [4.78, 5) is 0. The van der Waals surface area contributed by atoms with Crippen LogP contribution in [0.5, 0.6) is 0 Å². The van der Waals surface area contributed by atoms with Crippen molar-refractivity contribution in [1.82, 2.24) is 21.3 Å². The standard InChI is InChI=1S/3C6H13N.C5H11N/c2*1-6-3-2-4-7-5-6;1-6-4-2-3-5-7-6;1-2-4-6-5-3-1/h3*6-7H,2-5H2,1H3;6H,1-5H2/t3*6-;/m100./s1. The summed E-state index contributed by atoms with van der Waals surface area (Å²) in [6, 6.07) is 0.786. The van der Waals surface area contributed by atoms with Crippen LogP contribution in [0.1, 0.15) is 85.0 Å². The van der Waals surface area contributed by atoms with E-state index in [-0.39, 0.29) is 0 Å². The third-order valence-electron chi connectivity index (χ3n) is 5.85. The van der Waals surface area contributed by atoms with Crippen molar-refractivity contribution in [3.8, 4) is 0 Å². The summed E-state index contributed by atoms with van der Waals surface area (Å²) in [6.07, 6.45) is 14.0. The van der Waals surface area contributed by atoms with Crippen molar-refractivity contribution in [2.45, 2.75) is 91.0 Å². The maximum absolute atomic E-state index is 3.38. The lowest BCUT2D eigenvalue weighted by Crippen LogP contribution is -2.30. The van der Waals surface area contributed by atoms with Gasteiger partial charge < -0.3 is 21.3 Å². The van der Waals surface area contributed by atoms with Crippen LogP contribution in [-0.4, -0.2) is 51.9 Å². The maximum atomic E-state index is 3.38. The Balaban J connectivity index is 0.000000180. The van der Waals surface area contributed by atoms with E-state index in [1.807, 2.05) is 0 Å². The molecule has 162 valence electrons. The van der Waals surface area contributed by atoms with Gasteiger partial charge >= 0.3 is 0 Å². The summed E-state index contributed by atoms with van der Waals surface area (Å²) in [7, 11) is 0. The summed E-state index contributed by atoms with van der Waals surface area (Å²) in [5.74, 6) is 1.85. The molecule has 27 heavy (non-hydrogen) atoms. The molecule has 4 heterocycles. The molecule has 3 atom stereocenters. The highest BCUT2D eigenvalue weighted by molar-refractivity contribution is 4.66. The molecule has 0 bridgehead atoms. The van der Waals surface area contributed by atoms with E-state index in [1.165, 1.54) is 110 Å². The van der Waals surface area contributed by atoms with Crippen LogP contribution in [0.25, 0.3) is 0 Å². The Kier molecular flexibility index (Phi) is 16.5. The van der Waals surface area contributed by atoms with Crippen LogP contribution in [-0.2, 0) is 0 Å². The van der Waals surface area contributed by atoms with Crippen LogP contribution in [0.2, 0.25) is 0 Å². The Bertz CT molecular complexity index is 239. The molecule has 0 unspecified atom stereocenters. The molecule has 4 heteroatoms. The van der Waals surface area contributed by atoms with Crippen LogP contribution in [0.15, 0.2) is 0 Å². The minimum absolute atomic E-state index is 0.786. The molecule has 0 spiro atoms. The Labute approximate surface area is 170 Å². The second-order valence-electron chi connectivity index (χ2n) is 9.06. The van der Waals surface area contributed by atoms with Crippen LogP contribution < -0.4 is 21.3 Å². The third kappa shape index (κ3) is 16.5. The summed E-state index contributed by atoms with van der Waals surface area (Å²) >= 11 is 0. The lowest BCUT2D eigenvalue weighted by molar-refractivity contribution is 0.405. The summed E-state index contributed by atoms with van der Waals surface area (Å²) in [6.45, 7) is 15.5. The predicted molar refractivity (Wildman–Crippen MR) is 121 cm³/mol. The molecule has 0 amide bonds. The number of hydrogen-bond donors (Lipinski definition) is 4. The lowest BCUT2D eigenvalue weighted by Gasteiger charge is -2.18. The average molecular weight is 383 g/mol. The van der Waals surface area contributed by atoms with Crippen molar-refractivity contribution in [2.75, 3.05) is 45.8 Å². The van der Waals surface area contributed by atoms with Crippen LogP contribution in [0.3, 0.4) is 0 Å². The molecule has 0 aromatic carbocycles. The molecule has 0 aliphatic carbocycles. The van der Waals surface area contributed by atoms with Gasteiger partial charge in [-0.1, -0.05) is 26.7 Å². The maximum Gasteiger partial charge on any atom is 0.00387 e. The smallest absolute Gasteiger partial charge is 0.00387 e. The Morgan fingerprint density at radius 2 is 1.00 bits per heavy atom. The minimum Gasteiger partial charge on any atom is -0.317 e. The molecule has 4 aliphatic heterocycles. The highest BCUT2D eigenvalue weighted by Gasteiger charge is 2.06. The molecule has 4 aliphatic rings. The van der Waals surface area contributed by atoms with E-state index in [9.17, 15) is 0 Å². The first-order chi connectivity index (χ1) is 13.2. The Hall–Kier alpha value is -0.160. The van der Waals surface area contributed by atoms with Gasteiger partial charge in [0.1, 0.15) is 0 Å². The lowest BCUT2D eigenvalue weighted by atomic mass is 10.0. The van der Waals surface area contributed by atoms with Gasteiger partial charge in [0.05, 0.1) is 0 Å². The first-order valence-corrected chi connectivity index (χ1v) is 12.0. The SMILES string of the molecule is C1CCNCC1.C[C@@H]1CCCNC1.C[C@H]1CCCCN1.C[C@H]1CCCNC1. The van der Waals surface area contributed by atoms with Crippen molar-refractivity contribution in [2.24, 2.45) is 11.8 Å². The van der Waals surface area contributed by atoms with Gasteiger partial charge in [0, 0.05) is 6.04 Å². The van der Waals surface area contributed by atoms with Crippen LogP contribution >= 0.6 is 0 Å². The normalized spacial score (nSPS) is 31.0. The van der Waals surface area contributed by atoms with Gasteiger partial charge in [-0.25, -0.2) is 0 Å². The topological polar surface area (TPSA) is 48.1 Å². The molecule has 4 rings (SSSR count). The third-order valence-corrected chi connectivity index (χ3v) is 5.85. The van der Waals surface area contributed by atoms with Gasteiger partial charge in [-0.05, 0) is 116 Å². The number of piperidine rings is 4. The van der Waals surface area contributed by atoms with Crippen molar-refractivity contribution in [3.63, 3.8) is 0 Å². The second-order valence-corrected chi connectivity index (χ2v) is 9.06. The van der Waals surface area contributed by atoms with Gasteiger partial charge in [-0.2, -0.15) is 0 Å².